The molecule has 1 unspecified atom stereocenters. The van der Waals surface area contributed by atoms with Crippen LogP contribution in [-0.4, -0.2) is 30.4 Å². The van der Waals surface area contributed by atoms with Crippen molar-refractivity contribution in [1.29, 1.82) is 0 Å². The van der Waals surface area contributed by atoms with Crippen LogP contribution in [0.25, 0.3) is 0 Å². The second-order valence-corrected chi connectivity index (χ2v) is 5.35. The van der Waals surface area contributed by atoms with E-state index >= 15 is 0 Å². The van der Waals surface area contributed by atoms with E-state index in [0.717, 1.165) is 43.7 Å². The van der Waals surface area contributed by atoms with Crippen molar-refractivity contribution in [1.82, 2.24) is 5.32 Å². The number of aliphatic hydroxyl groups excluding tert-OH is 1. The minimum atomic E-state index is -0.200. The molecule has 3 nitrogen and oxygen atoms in total. The van der Waals surface area contributed by atoms with Crippen molar-refractivity contribution in [2.24, 2.45) is 5.92 Å². The number of hydrogen-bond acceptors (Lipinski definition) is 3. The Morgan fingerprint density at radius 3 is 2.94 bits per heavy atom. The van der Waals surface area contributed by atoms with Gasteiger partial charge in [0, 0.05) is 18.5 Å². The minimum Gasteiger partial charge on any atom is -0.488 e. The van der Waals surface area contributed by atoms with Crippen LogP contribution in [0.4, 0.5) is 4.39 Å². The summed E-state index contributed by atoms with van der Waals surface area (Å²) in [5.41, 5.74) is 0.959. The highest BCUT2D eigenvalue weighted by atomic mass is 19.1. The molecule has 1 aromatic rings. The Morgan fingerprint density at radius 1 is 1.33 bits per heavy atom. The molecule has 18 heavy (non-hydrogen) atoms. The number of ether oxygens (including phenoxy) is 1. The first kappa shape index (κ1) is 11.9. The van der Waals surface area contributed by atoms with Crippen molar-refractivity contribution >= 4 is 0 Å². The third kappa shape index (κ3) is 2.49. The van der Waals surface area contributed by atoms with Crippen LogP contribution in [0.5, 0.6) is 5.75 Å². The molecule has 98 valence electrons. The molecular weight excluding hydrogens is 233 g/mol. The number of aliphatic hydroxyl groups is 1. The fraction of sp³-hybridized carbons (Fsp3) is 0.571. The summed E-state index contributed by atoms with van der Waals surface area (Å²) in [7, 11) is 0. The number of halogens is 1. The maximum atomic E-state index is 13.0. The predicted molar refractivity (Wildman–Crippen MR) is 66.1 cm³/mol. The lowest BCUT2D eigenvalue weighted by Gasteiger charge is -2.31. The van der Waals surface area contributed by atoms with Crippen LogP contribution in [-0.2, 0) is 6.42 Å². The molecule has 0 amide bonds. The molecular formula is C14H18FNO2. The number of fused-ring (bicyclic) bond motifs is 1. The average molecular weight is 251 g/mol. The van der Waals surface area contributed by atoms with Gasteiger partial charge < -0.3 is 15.2 Å². The van der Waals surface area contributed by atoms with E-state index in [1.54, 1.807) is 12.1 Å². The zero-order chi connectivity index (χ0) is 12.5. The molecule has 0 spiro atoms. The van der Waals surface area contributed by atoms with E-state index in [2.05, 4.69) is 5.32 Å². The van der Waals surface area contributed by atoms with Gasteiger partial charge in [0.2, 0.25) is 0 Å². The molecule has 1 fully saturated rings. The summed E-state index contributed by atoms with van der Waals surface area (Å²) < 4.78 is 18.8. The first-order valence-corrected chi connectivity index (χ1v) is 6.54. The first-order chi connectivity index (χ1) is 8.70. The summed E-state index contributed by atoms with van der Waals surface area (Å²) in [4.78, 5) is 0. The highest BCUT2D eigenvalue weighted by Crippen LogP contribution is 2.29. The lowest BCUT2D eigenvalue weighted by Crippen LogP contribution is -2.39. The smallest absolute Gasteiger partial charge is 0.123 e. The van der Waals surface area contributed by atoms with Crippen molar-refractivity contribution in [2.45, 2.75) is 31.5 Å². The van der Waals surface area contributed by atoms with Gasteiger partial charge in [0.1, 0.15) is 17.7 Å². The lowest BCUT2D eigenvalue weighted by atomic mass is 9.82. The van der Waals surface area contributed by atoms with Crippen LogP contribution < -0.4 is 10.1 Å². The standard InChI is InChI=1S/C14H18FNO2/c15-11-1-2-14-10(5-11)6-13(18-14)8-16-7-9-3-12(17)4-9/h1-2,5,9,12-13,16-17H,3-4,6-8H2. The third-order valence-corrected chi connectivity index (χ3v) is 3.78. The fourth-order valence-electron chi connectivity index (χ4n) is 2.72. The van der Waals surface area contributed by atoms with Gasteiger partial charge in [-0.2, -0.15) is 0 Å². The van der Waals surface area contributed by atoms with Gasteiger partial charge in [-0.05, 0) is 43.5 Å². The molecule has 0 radical (unpaired) electrons. The number of nitrogens with one attached hydrogen (secondary N) is 1. The van der Waals surface area contributed by atoms with Crippen molar-refractivity contribution in [2.75, 3.05) is 13.1 Å². The minimum absolute atomic E-state index is 0.0910. The van der Waals surface area contributed by atoms with E-state index in [1.165, 1.54) is 6.07 Å². The molecule has 1 aliphatic heterocycles. The van der Waals surface area contributed by atoms with Crippen molar-refractivity contribution in [3.05, 3.63) is 29.6 Å². The maximum Gasteiger partial charge on any atom is 0.123 e. The topological polar surface area (TPSA) is 41.5 Å². The largest absolute Gasteiger partial charge is 0.488 e. The van der Waals surface area contributed by atoms with E-state index < -0.39 is 0 Å². The highest BCUT2D eigenvalue weighted by Gasteiger charge is 2.27. The van der Waals surface area contributed by atoms with Gasteiger partial charge in [-0.3, -0.25) is 0 Å². The quantitative estimate of drug-likeness (QED) is 0.852. The van der Waals surface area contributed by atoms with E-state index in [0.29, 0.717) is 5.92 Å². The number of rotatable bonds is 4. The Bertz CT molecular complexity index is 432. The fourth-order valence-corrected chi connectivity index (χ4v) is 2.72. The van der Waals surface area contributed by atoms with E-state index in [-0.39, 0.29) is 18.0 Å². The van der Waals surface area contributed by atoms with Gasteiger partial charge in [0.05, 0.1) is 6.10 Å². The SMILES string of the molecule is OC1CC(CNCC2Cc3cc(F)ccc3O2)C1. The molecule has 1 saturated carbocycles. The first-order valence-electron chi connectivity index (χ1n) is 6.54. The molecule has 1 aromatic carbocycles. The average Bonchev–Trinajstić information content (AvgIpc) is 2.68. The van der Waals surface area contributed by atoms with Gasteiger partial charge in [0.25, 0.3) is 0 Å². The van der Waals surface area contributed by atoms with Crippen LogP contribution in [0.1, 0.15) is 18.4 Å². The van der Waals surface area contributed by atoms with Crippen LogP contribution in [0.3, 0.4) is 0 Å². The molecule has 3 rings (SSSR count). The van der Waals surface area contributed by atoms with Gasteiger partial charge in [-0.15, -0.1) is 0 Å². The zero-order valence-corrected chi connectivity index (χ0v) is 10.2. The summed E-state index contributed by atoms with van der Waals surface area (Å²) in [5.74, 6) is 1.21. The second-order valence-electron chi connectivity index (χ2n) is 5.35. The van der Waals surface area contributed by atoms with Crippen LogP contribution in [0.2, 0.25) is 0 Å². The highest BCUT2D eigenvalue weighted by molar-refractivity contribution is 5.37. The molecule has 0 bridgehead atoms. The predicted octanol–water partition coefficient (Wildman–Crippen LogP) is 1.49. The Kier molecular flexibility index (Phi) is 3.22. The molecule has 2 aliphatic rings. The zero-order valence-electron chi connectivity index (χ0n) is 10.2. The number of hydrogen-bond donors (Lipinski definition) is 2. The maximum absolute atomic E-state index is 13.0. The molecule has 1 heterocycles. The van der Waals surface area contributed by atoms with Crippen LogP contribution in [0, 0.1) is 11.7 Å². The second kappa shape index (κ2) is 4.86. The molecule has 2 N–H and O–H groups in total. The van der Waals surface area contributed by atoms with Crippen molar-refractivity contribution in [3.8, 4) is 5.75 Å². The van der Waals surface area contributed by atoms with Gasteiger partial charge in [0.15, 0.2) is 0 Å². The van der Waals surface area contributed by atoms with Crippen LogP contribution >= 0.6 is 0 Å². The van der Waals surface area contributed by atoms with E-state index in [1.807, 2.05) is 0 Å². The van der Waals surface area contributed by atoms with Crippen molar-refractivity contribution < 1.29 is 14.2 Å². The summed E-state index contributed by atoms with van der Waals surface area (Å²) in [6, 6.07) is 4.69. The van der Waals surface area contributed by atoms with Gasteiger partial charge in [-0.1, -0.05) is 0 Å². The van der Waals surface area contributed by atoms with Gasteiger partial charge in [-0.25, -0.2) is 4.39 Å². The van der Waals surface area contributed by atoms with E-state index in [9.17, 15) is 9.50 Å². The van der Waals surface area contributed by atoms with Crippen LogP contribution in [0.15, 0.2) is 18.2 Å². The van der Waals surface area contributed by atoms with Gasteiger partial charge >= 0.3 is 0 Å². The summed E-state index contributed by atoms with van der Waals surface area (Å²) in [5, 5.41) is 12.6. The summed E-state index contributed by atoms with van der Waals surface area (Å²) in [6.45, 7) is 1.71. The molecule has 1 aliphatic carbocycles. The third-order valence-electron chi connectivity index (χ3n) is 3.78. The molecule has 0 saturated heterocycles. The summed E-state index contributed by atoms with van der Waals surface area (Å²) in [6.07, 6.45) is 2.60. The lowest BCUT2D eigenvalue weighted by molar-refractivity contribution is 0.0421. The van der Waals surface area contributed by atoms with E-state index in [4.69, 9.17) is 4.74 Å². The molecule has 4 heteroatoms. The Balaban J connectivity index is 1.43. The monoisotopic (exact) mass is 251 g/mol. The summed E-state index contributed by atoms with van der Waals surface area (Å²) >= 11 is 0. The van der Waals surface area contributed by atoms with Crippen molar-refractivity contribution in [3.63, 3.8) is 0 Å². The Morgan fingerprint density at radius 2 is 2.17 bits per heavy atom. The Hall–Kier alpha value is -1.13. The molecule has 0 aromatic heterocycles. The normalized spacial score (nSPS) is 29.6. The Labute approximate surface area is 106 Å². The number of benzene rings is 1. The molecule has 1 atom stereocenters.